The van der Waals surface area contributed by atoms with Gasteiger partial charge in [0.05, 0.1) is 5.39 Å². The van der Waals surface area contributed by atoms with E-state index in [-0.39, 0.29) is 23.9 Å². The zero-order valence-corrected chi connectivity index (χ0v) is 17.5. The summed E-state index contributed by atoms with van der Waals surface area (Å²) in [4.78, 5) is 15.5. The monoisotopic (exact) mass is 390 g/mol. The van der Waals surface area contributed by atoms with Crippen molar-refractivity contribution >= 4 is 49.6 Å². The average Bonchev–Trinajstić information content (AvgIpc) is 2.62. The molecule has 0 aliphatic carbocycles. The van der Waals surface area contributed by atoms with Crippen molar-refractivity contribution < 1.29 is 0 Å². The zero-order chi connectivity index (χ0) is 18.0. The van der Waals surface area contributed by atoms with Crippen molar-refractivity contribution in [3.8, 4) is 0 Å². The van der Waals surface area contributed by atoms with Crippen molar-refractivity contribution in [2.24, 2.45) is 0 Å². The van der Waals surface area contributed by atoms with Gasteiger partial charge in [0.1, 0.15) is 0 Å². The fourth-order valence-corrected chi connectivity index (χ4v) is 4.50. The minimum absolute atomic E-state index is 0. The van der Waals surface area contributed by atoms with Gasteiger partial charge in [0.15, 0.2) is 5.43 Å². The molecule has 0 amide bonds. The summed E-state index contributed by atoms with van der Waals surface area (Å²) in [6.07, 6.45) is 0. The molecule has 0 radical (unpaired) electrons. The lowest BCUT2D eigenvalue weighted by Gasteiger charge is -2.24. The van der Waals surface area contributed by atoms with Gasteiger partial charge in [-0.15, -0.1) is 23.7 Å². The molecule has 0 fully saturated rings. The first kappa shape index (κ1) is 20.7. The molecule has 1 N–H and O–H groups in total. The van der Waals surface area contributed by atoms with Crippen LogP contribution >= 0.6 is 23.7 Å². The van der Waals surface area contributed by atoms with Crippen molar-refractivity contribution in [2.75, 3.05) is 25.0 Å². The van der Waals surface area contributed by atoms with Crippen molar-refractivity contribution in [2.45, 2.75) is 33.7 Å². The molecule has 3 aromatic rings. The third kappa shape index (κ3) is 4.03. The van der Waals surface area contributed by atoms with Gasteiger partial charge in [0.25, 0.3) is 0 Å². The van der Waals surface area contributed by atoms with E-state index in [1.165, 1.54) is 0 Å². The Morgan fingerprint density at radius 2 is 1.81 bits per heavy atom. The third-order valence-corrected chi connectivity index (χ3v) is 6.06. The molecule has 1 atom stereocenters. The Kier molecular flexibility index (Phi) is 7.04. The van der Waals surface area contributed by atoms with E-state index in [0.29, 0.717) is 0 Å². The largest absolute Gasteiger partial charge is 0.381 e. The van der Waals surface area contributed by atoms with Crippen LogP contribution in [0.3, 0.4) is 0 Å². The van der Waals surface area contributed by atoms with Crippen LogP contribution in [0.5, 0.6) is 0 Å². The van der Waals surface area contributed by atoms with Crippen LogP contribution in [0, 0.1) is 6.92 Å². The smallest absolute Gasteiger partial charge is 0.197 e. The molecular weight excluding hydrogens is 364 g/mol. The second-order valence-electron chi connectivity index (χ2n) is 6.59. The van der Waals surface area contributed by atoms with Crippen LogP contribution < -0.4 is 10.7 Å². The summed E-state index contributed by atoms with van der Waals surface area (Å²) in [5.41, 5.74) is 2.24. The highest BCUT2D eigenvalue weighted by Crippen LogP contribution is 2.31. The van der Waals surface area contributed by atoms with E-state index in [0.717, 1.165) is 51.1 Å². The quantitative estimate of drug-likeness (QED) is 0.580. The molecule has 2 aromatic carbocycles. The second-order valence-corrected chi connectivity index (χ2v) is 7.64. The van der Waals surface area contributed by atoms with Crippen molar-refractivity contribution in [1.29, 1.82) is 0 Å². The van der Waals surface area contributed by atoms with Gasteiger partial charge in [-0.1, -0.05) is 32.0 Å². The number of hydrogen-bond acceptors (Lipinski definition) is 4. The Hall–Kier alpha value is -1.62. The number of likely N-dealkylation sites (N-methyl/N-ethyl adjacent to an activating group) is 1. The first-order chi connectivity index (χ1) is 12.0. The van der Waals surface area contributed by atoms with Crippen LogP contribution in [0.1, 0.15) is 26.3 Å². The van der Waals surface area contributed by atoms with Gasteiger partial charge in [-0.25, -0.2) is 0 Å². The molecule has 0 aliphatic heterocycles. The molecule has 1 unspecified atom stereocenters. The molecule has 0 saturated carbocycles. The van der Waals surface area contributed by atoms with Gasteiger partial charge in [-0.05, 0) is 50.7 Å². The summed E-state index contributed by atoms with van der Waals surface area (Å²) in [5.74, 6) is 0. The number of nitrogens with zero attached hydrogens (tertiary/aromatic N) is 1. The molecule has 0 spiro atoms. The fourth-order valence-electron chi connectivity index (χ4n) is 3.33. The Labute approximate surface area is 165 Å². The Morgan fingerprint density at radius 1 is 1.12 bits per heavy atom. The third-order valence-electron chi connectivity index (χ3n) is 4.75. The molecule has 0 saturated heterocycles. The van der Waals surface area contributed by atoms with Crippen LogP contribution in [0.4, 0.5) is 5.69 Å². The number of hydrogen-bond donors (Lipinski definition) is 1. The Balaban J connectivity index is 0.00000243. The Bertz CT molecular complexity index is 950. The molecule has 0 bridgehead atoms. The first-order valence-electron chi connectivity index (χ1n) is 8.99. The highest BCUT2D eigenvalue weighted by atomic mass is 35.5. The normalized spacial score (nSPS) is 12.3. The topological polar surface area (TPSA) is 32.3 Å². The zero-order valence-electron chi connectivity index (χ0n) is 15.8. The Morgan fingerprint density at radius 3 is 2.50 bits per heavy atom. The number of aryl methyl sites for hydroxylation is 1. The predicted octanol–water partition coefficient (Wildman–Crippen LogP) is 5.29. The average molecular weight is 391 g/mol. The molecule has 0 aliphatic rings. The number of rotatable bonds is 6. The summed E-state index contributed by atoms with van der Waals surface area (Å²) in [6.45, 7) is 11.7. The van der Waals surface area contributed by atoms with E-state index in [4.69, 9.17) is 0 Å². The maximum Gasteiger partial charge on any atom is 0.197 e. The van der Waals surface area contributed by atoms with Gasteiger partial charge in [0, 0.05) is 33.1 Å². The summed E-state index contributed by atoms with van der Waals surface area (Å²) in [5, 5.41) is 5.22. The van der Waals surface area contributed by atoms with Gasteiger partial charge >= 0.3 is 0 Å². The minimum Gasteiger partial charge on any atom is -0.381 e. The SMILES string of the molecule is CCN(CC)CC(C)Nc1ccc(C)c2sc3ccccc3c(=O)c12.Cl. The van der Waals surface area contributed by atoms with Gasteiger partial charge in [0.2, 0.25) is 0 Å². The van der Waals surface area contributed by atoms with Crippen LogP contribution in [-0.2, 0) is 0 Å². The van der Waals surface area contributed by atoms with Crippen molar-refractivity contribution in [3.63, 3.8) is 0 Å². The van der Waals surface area contributed by atoms with Crippen molar-refractivity contribution in [3.05, 3.63) is 52.2 Å². The maximum atomic E-state index is 13.1. The van der Waals surface area contributed by atoms with Crippen molar-refractivity contribution in [1.82, 2.24) is 4.90 Å². The molecular formula is C21H27ClN2OS. The summed E-state index contributed by atoms with van der Waals surface area (Å²) >= 11 is 1.71. The van der Waals surface area contributed by atoms with Crippen LogP contribution in [0.15, 0.2) is 41.2 Å². The lowest BCUT2D eigenvalue weighted by Crippen LogP contribution is -2.34. The second kappa shape index (κ2) is 8.85. The molecule has 5 heteroatoms. The van der Waals surface area contributed by atoms with E-state index < -0.39 is 0 Å². The highest BCUT2D eigenvalue weighted by Gasteiger charge is 2.14. The minimum atomic E-state index is 0. The summed E-state index contributed by atoms with van der Waals surface area (Å²) < 4.78 is 2.14. The standard InChI is InChI=1S/C21H26N2OS.ClH/c1-5-23(6-2)13-15(4)22-17-12-11-14(3)21-19(17)20(24)16-9-7-8-10-18(16)25-21;/h7-12,15,22H,5-6,13H2,1-4H3;1H. The molecule has 3 rings (SSSR count). The van der Waals surface area contributed by atoms with Gasteiger partial charge < -0.3 is 10.2 Å². The van der Waals surface area contributed by atoms with E-state index in [1.807, 2.05) is 24.3 Å². The number of nitrogens with one attached hydrogen (secondary N) is 1. The predicted molar refractivity (Wildman–Crippen MR) is 118 cm³/mol. The first-order valence-corrected chi connectivity index (χ1v) is 9.80. The highest BCUT2D eigenvalue weighted by molar-refractivity contribution is 7.24. The molecule has 1 heterocycles. The molecule has 26 heavy (non-hydrogen) atoms. The molecule has 1 aromatic heterocycles. The van der Waals surface area contributed by atoms with Crippen LogP contribution in [-0.4, -0.2) is 30.6 Å². The number of fused-ring (bicyclic) bond motifs is 2. The van der Waals surface area contributed by atoms with Crippen LogP contribution in [0.25, 0.3) is 20.2 Å². The lowest BCUT2D eigenvalue weighted by molar-refractivity contribution is 0.295. The van der Waals surface area contributed by atoms with Gasteiger partial charge in [-0.2, -0.15) is 0 Å². The molecule has 140 valence electrons. The number of halogens is 1. The van der Waals surface area contributed by atoms with E-state index in [2.05, 4.69) is 50.0 Å². The maximum absolute atomic E-state index is 13.1. The number of anilines is 1. The molecule has 3 nitrogen and oxygen atoms in total. The van der Waals surface area contributed by atoms with Crippen LogP contribution in [0.2, 0.25) is 0 Å². The number of benzene rings is 2. The van der Waals surface area contributed by atoms with Gasteiger partial charge in [-0.3, -0.25) is 4.79 Å². The van der Waals surface area contributed by atoms with E-state index >= 15 is 0 Å². The lowest BCUT2D eigenvalue weighted by atomic mass is 10.1. The van der Waals surface area contributed by atoms with E-state index in [1.54, 1.807) is 11.3 Å². The van der Waals surface area contributed by atoms with E-state index in [9.17, 15) is 4.79 Å². The summed E-state index contributed by atoms with van der Waals surface area (Å²) in [7, 11) is 0. The summed E-state index contributed by atoms with van der Waals surface area (Å²) in [6, 6.07) is 12.3. The fraction of sp³-hybridized carbons (Fsp3) is 0.381.